The Hall–Kier alpha value is -3.60. The van der Waals surface area contributed by atoms with Crippen molar-refractivity contribution in [1.82, 2.24) is 0 Å². The number of carbonyl (C=O) groups excluding carboxylic acids is 6. The van der Waals surface area contributed by atoms with Crippen molar-refractivity contribution < 1.29 is 76.1 Å². The first-order valence-corrected chi connectivity index (χ1v) is 15.9. The molecule has 272 valence electrons. The molecule has 0 spiro atoms. The monoisotopic (exact) mass is 688 g/mol. The molecule has 0 aromatic heterocycles. The zero-order valence-electron chi connectivity index (χ0n) is 28.4. The van der Waals surface area contributed by atoms with Crippen molar-refractivity contribution in [3.8, 4) is 0 Å². The SMILES string of the molecule is CC(=O)O[C@@H]1[C@@H](OC(C)=O)[C@@H](OCCCC/C=C/CCCCO[C@H]2OC[C@@H](OC(C)=O)[C@H](OC(C)=O)[C@H]2OC(C)=O)OC[C@H]1OC(C)=O. The predicted molar refractivity (Wildman–Crippen MR) is 162 cm³/mol. The normalized spacial score (nSPS) is 27.0. The van der Waals surface area contributed by atoms with Crippen LogP contribution >= 0.6 is 0 Å². The molecule has 2 aliphatic heterocycles. The third-order valence-electron chi connectivity index (χ3n) is 6.87. The van der Waals surface area contributed by atoms with Gasteiger partial charge in [-0.25, -0.2) is 0 Å². The standard InChI is InChI=1S/C32H48O16/c1-19(33)43-25-17-41-31(29(47-23(5)37)27(25)45-21(3)35)39-15-13-11-9-7-8-10-12-14-16-40-32-30(48-24(6)38)28(46-22(4)36)26(18-42-32)44-20(2)34/h7-8,25-32H,9-18H2,1-6H3/b8-7+/t25-,26-,27+,28+,29-,30-,31+,32+/m1/s1. The van der Waals surface area contributed by atoms with Crippen LogP contribution in [0.5, 0.6) is 0 Å². The van der Waals surface area contributed by atoms with Crippen LogP contribution in [0.15, 0.2) is 12.2 Å². The Bertz CT molecular complexity index is 1020. The summed E-state index contributed by atoms with van der Waals surface area (Å²) in [6.07, 6.45) is 0.371. The molecule has 2 fully saturated rings. The molecule has 2 heterocycles. The van der Waals surface area contributed by atoms with Gasteiger partial charge in [-0.1, -0.05) is 12.2 Å². The number of ether oxygens (including phenoxy) is 10. The second-order valence-corrected chi connectivity index (χ2v) is 11.2. The fourth-order valence-corrected chi connectivity index (χ4v) is 5.07. The van der Waals surface area contributed by atoms with Gasteiger partial charge in [0.1, 0.15) is 0 Å². The highest BCUT2D eigenvalue weighted by Gasteiger charge is 2.48. The van der Waals surface area contributed by atoms with E-state index in [0.717, 1.165) is 25.7 Å². The second-order valence-electron chi connectivity index (χ2n) is 11.2. The van der Waals surface area contributed by atoms with Crippen LogP contribution in [0, 0.1) is 0 Å². The molecule has 0 aromatic carbocycles. The summed E-state index contributed by atoms with van der Waals surface area (Å²) in [5.41, 5.74) is 0. The summed E-state index contributed by atoms with van der Waals surface area (Å²) in [7, 11) is 0. The van der Waals surface area contributed by atoms with Gasteiger partial charge in [0, 0.05) is 54.8 Å². The molecule has 16 heteroatoms. The Morgan fingerprint density at radius 3 is 1.10 bits per heavy atom. The minimum atomic E-state index is -1.11. The van der Waals surface area contributed by atoms with Gasteiger partial charge in [-0.3, -0.25) is 28.8 Å². The van der Waals surface area contributed by atoms with Gasteiger partial charge in [-0.2, -0.15) is 0 Å². The molecule has 2 saturated heterocycles. The Kier molecular flexibility index (Phi) is 18.1. The summed E-state index contributed by atoms with van der Waals surface area (Å²) in [6.45, 7) is 7.60. The lowest BCUT2D eigenvalue weighted by atomic mass is 10.0. The highest BCUT2D eigenvalue weighted by molar-refractivity contribution is 5.69. The van der Waals surface area contributed by atoms with Crippen molar-refractivity contribution in [2.75, 3.05) is 26.4 Å². The molecule has 16 nitrogen and oxygen atoms in total. The largest absolute Gasteiger partial charge is 0.456 e. The molecule has 48 heavy (non-hydrogen) atoms. The van der Waals surface area contributed by atoms with Gasteiger partial charge < -0.3 is 47.4 Å². The number of hydrogen-bond donors (Lipinski definition) is 0. The van der Waals surface area contributed by atoms with E-state index in [1.807, 2.05) is 0 Å². The number of rotatable bonds is 18. The first-order chi connectivity index (χ1) is 22.8. The van der Waals surface area contributed by atoms with E-state index in [1.54, 1.807) is 0 Å². The van der Waals surface area contributed by atoms with E-state index in [4.69, 9.17) is 47.4 Å². The zero-order valence-corrected chi connectivity index (χ0v) is 28.4. The van der Waals surface area contributed by atoms with Gasteiger partial charge in [-0.15, -0.1) is 0 Å². The molecule has 2 aliphatic rings. The van der Waals surface area contributed by atoms with Gasteiger partial charge >= 0.3 is 35.8 Å². The lowest BCUT2D eigenvalue weighted by Gasteiger charge is -2.40. The lowest BCUT2D eigenvalue weighted by Crippen LogP contribution is -2.58. The topological polar surface area (TPSA) is 195 Å². The molecule has 2 rings (SSSR count). The fraction of sp³-hybridized carbons (Fsp3) is 0.750. The summed E-state index contributed by atoms with van der Waals surface area (Å²) >= 11 is 0. The number of esters is 6. The second kappa shape index (κ2) is 21.4. The number of hydrogen-bond acceptors (Lipinski definition) is 16. The van der Waals surface area contributed by atoms with Gasteiger partial charge in [0.05, 0.1) is 13.2 Å². The molecule has 0 N–H and O–H groups in total. The van der Waals surface area contributed by atoms with E-state index in [1.165, 1.54) is 41.5 Å². The highest BCUT2D eigenvalue weighted by atomic mass is 16.7. The molecule has 0 saturated carbocycles. The summed E-state index contributed by atoms with van der Waals surface area (Å²) in [4.78, 5) is 69.8. The fourth-order valence-electron chi connectivity index (χ4n) is 5.07. The van der Waals surface area contributed by atoms with Crippen LogP contribution in [-0.4, -0.2) is 111 Å². The molecule has 0 unspecified atom stereocenters. The van der Waals surface area contributed by atoms with Gasteiger partial charge in [-0.05, 0) is 38.5 Å². The minimum Gasteiger partial charge on any atom is -0.456 e. The van der Waals surface area contributed by atoms with Crippen LogP contribution in [0.3, 0.4) is 0 Å². The van der Waals surface area contributed by atoms with E-state index in [-0.39, 0.29) is 26.4 Å². The average molecular weight is 689 g/mol. The van der Waals surface area contributed by atoms with Crippen LogP contribution in [0.25, 0.3) is 0 Å². The first kappa shape index (κ1) is 40.6. The van der Waals surface area contributed by atoms with Crippen molar-refractivity contribution in [2.24, 2.45) is 0 Å². The zero-order chi connectivity index (χ0) is 35.6. The Morgan fingerprint density at radius 2 is 0.792 bits per heavy atom. The minimum absolute atomic E-state index is 0.0977. The molecular weight excluding hydrogens is 640 g/mol. The summed E-state index contributed by atoms with van der Waals surface area (Å²) in [5.74, 6) is -3.73. The predicted octanol–water partition coefficient (Wildman–Crippen LogP) is 2.22. The van der Waals surface area contributed by atoms with E-state index < -0.39 is 85.0 Å². The van der Waals surface area contributed by atoms with Gasteiger partial charge in [0.25, 0.3) is 0 Å². The Morgan fingerprint density at radius 1 is 0.479 bits per heavy atom. The number of unbranched alkanes of at least 4 members (excludes halogenated alkanes) is 4. The Labute approximate surface area is 279 Å². The highest BCUT2D eigenvalue weighted by Crippen LogP contribution is 2.27. The summed E-state index contributed by atoms with van der Waals surface area (Å²) in [5, 5.41) is 0. The smallest absolute Gasteiger partial charge is 0.303 e. The van der Waals surface area contributed by atoms with Crippen molar-refractivity contribution in [1.29, 1.82) is 0 Å². The third-order valence-corrected chi connectivity index (χ3v) is 6.87. The third kappa shape index (κ3) is 15.1. The van der Waals surface area contributed by atoms with Crippen LogP contribution in [0.1, 0.15) is 80.1 Å². The molecule has 0 bridgehead atoms. The van der Waals surface area contributed by atoms with Gasteiger partial charge in [0.15, 0.2) is 49.2 Å². The summed E-state index contributed by atoms with van der Waals surface area (Å²) < 4.78 is 54.6. The van der Waals surface area contributed by atoms with Crippen LogP contribution < -0.4 is 0 Å². The number of carbonyl (C=O) groups is 6. The molecule has 0 radical (unpaired) electrons. The van der Waals surface area contributed by atoms with Crippen molar-refractivity contribution >= 4 is 35.8 Å². The van der Waals surface area contributed by atoms with Crippen molar-refractivity contribution in [2.45, 2.75) is 129 Å². The number of allylic oxidation sites excluding steroid dienone is 2. The van der Waals surface area contributed by atoms with Crippen LogP contribution in [-0.2, 0) is 76.1 Å². The van der Waals surface area contributed by atoms with Gasteiger partial charge in [0.2, 0.25) is 0 Å². The molecule has 0 aromatic rings. The van der Waals surface area contributed by atoms with Crippen LogP contribution in [0.4, 0.5) is 0 Å². The quantitative estimate of drug-likeness (QED) is 0.0879. The van der Waals surface area contributed by atoms with E-state index in [0.29, 0.717) is 12.8 Å². The molecule has 0 aliphatic carbocycles. The van der Waals surface area contributed by atoms with E-state index in [2.05, 4.69) is 12.2 Å². The maximum atomic E-state index is 11.7. The first-order valence-electron chi connectivity index (χ1n) is 15.9. The van der Waals surface area contributed by atoms with E-state index >= 15 is 0 Å². The summed E-state index contributed by atoms with van der Waals surface area (Å²) in [6, 6.07) is 0. The lowest BCUT2D eigenvalue weighted by molar-refractivity contribution is -0.281. The Balaban J connectivity index is 1.72. The molecule has 8 atom stereocenters. The average Bonchev–Trinajstić information content (AvgIpc) is 2.97. The molecular formula is C32H48O16. The molecule has 0 amide bonds. The van der Waals surface area contributed by atoms with Crippen LogP contribution in [0.2, 0.25) is 0 Å². The van der Waals surface area contributed by atoms with Crippen molar-refractivity contribution in [3.05, 3.63) is 12.2 Å². The van der Waals surface area contributed by atoms with Crippen molar-refractivity contribution in [3.63, 3.8) is 0 Å². The van der Waals surface area contributed by atoms with E-state index in [9.17, 15) is 28.8 Å². The maximum absolute atomic E-state index is 11.7. The maximum Gasteiger partial charge on any atom is 0.303 e.